The van der Waals surface area contributed by atoms with E-state index in [0.717, 1.165) is 3.57 Å². The van der Waals surface area contributed by atoms with E-state index in [1.807, 2.05) is 22.6 Å². The predicted octanol–water partition coefficient (Wildman–Crippen LogP) is 1.41. The fourth-order valence-corrected chi connectivity index (χ4v) is 2.75. The highest BCUT2D eigenvalue weighted by Crippen LogP contribution is 2.28. The smallest absolute Gasteiger partial charge is 0.337 e. The van der Waals surface area contributed by atoms with Gasteiger partial charge in [0.15, 0.2) is 0 Å². The molecule has 0 bridgehead atoms. The number of anilines is 1. The Morgan fingerprint density at radius 1 is 1.52 bits per heavy atom. The highest BCUT2D eigenvalue weighted by atomic mass is 127. The number of carbonyl (C=O) groups excluding carboxylic acids is 2. The van der Waals surface area contributed by atoms with Gasteiger partial charge in [0, 0.05) is 10.1 Å². The molecule has 1 aromatic rings. The van der Waals surface area contributed by atoms with E-state index in [0.29, 0.717) is 11.3 Å². The van der Waals surface area contributed by atoms with Crippen LogP contribution in [0.5, 0.6) is 0 Å². The molecule has 0 spiro atoms. The number of amides is 1. The molecule has 23 heavy (non-hydrogen) atoms. The second kappa shape index (κ2) is 7.26. The number of aliphatic hydroxyl groups excluding tert-OH is 1. The van der Waals surface area contributed by atoms with E-state index < -0.39 is 17.7 Å². The molecule has 124 valence electrons. The van der Waals surface area contributed by atoms with Crippen LogP contribution in [0.4, 0.5) is 10.1 Å². The summed E-state index contributed by atoms with van der Waals surface area (Å²) < 4.78 is 19.1. The molecular formula is C15H16FIN2O4. The van der Waals surface area contributed by atoms with Crippen LogP contribution >= 0.6 is 22.6 Å². The minimum Gasteiger partial charge on any atom is -0.466 e. The number of hydrogen-bond donors (Lipinski definition) is 2. The number of halogens is 2. The van der Waals surface area contributed by atoms with Gasteiger partial charge in [-0.25, -0.2) is 9.18 Å². The summed E-state index contributed by atoms with van der Waals surface area (Å²) in [4.78, 5) is 25.6. The third-order valence-electron chi connectivity index (χ3n) is 3.43. The Balaban J connectivity index is 2.41. The van der Waals surface area contributed by atoms with E-state index in [-0.39, 0.29) is 31.0 Å². The molecule has 2 N–H and O–H groups in total. The summed E-state index contributed by atoms with van der Waals surface area (Å²) in [5.74, 6) is -1.51. The van der Waals surface area contributed by atoms with Crippen LogP contribution in [-0.2, 0) is 14.3 Å². The number of nitrogens with zero attached hydrogens (tertiary/aromatic N) is 1. The summed E-state index contributed by atoms with van der Waals surface area (Å²) in [5.41, 5.74) is 1.32. The van der Waals surface area contributed by atoms with E-state index in [2.05, 4.69) is 5.32 Å². The van der Waals surface area contributed by atoms with Gasteiger partial charge in [-0.05, 0) is 47.2 Å². The van der Waals surface area contributed by atoms with Gasteiger partial charge in [-0.3, -0.25) is 4.79 Å². The van der Waals surface area contributed by atoms with Crippen molar-refractivity contribution in [1.82, 2.24) is 4.90 Å². The molecule has 6 nitrogen and oxygen atoms in total. The molecule has 1 heterocycles. The van der Waals surface area contributed by atoms with Gasteiger partial charge in [-0.2, -0.15) is 0 Å². The third-order valence-corrected chi connectivity index (χ3v) is 4.86. The number of aryl methyl sites for hydroxylation is 1. The molecule has 0 unspecified atom stereocenters. The zero-order valence-electron chi connectivity index (χ0n) is 12.7. The molecule has 1 aliphatic heterocycles. The van der Waals surface area contributed by atoms with Crippen molar-refractivity contribution in [2.45, 2.75) is 6.92 Å². The summed E-state index contributed by atoms with van der Waals surface area (Å²) in [7, 11) is 1.22. The Kier molecular flexibility index (Phi) is 5.58. The number of carbonyl (C=O) groups is 2. The molecule has 1 aliphatic rings. The second-order valence-corrected chi connectivity index (χ2v) is 6.08. The average molecular weight is 434 g/mol. The number of aliphatic hydroxyl groups is 1. The lowest BCUT2D eigenvalue weighted by Gasteiger charge is -2.15. The molecule has 0 aliphatic carbocycles. The topological polar surface area (TPSA) is 78.9 Å². The molecular weight excluding hydrogens is 418 g/mol. The van der Waals surface area contributed by atoms with Gasteiger partial charge in [0.2, 0.25) is 0 Å². The molecule has 1 amide bonds. The first kappa shape index (κ1) is 17.7. The lowest BCUT2D eigenvalue weighted by atomic mass is 10.2. The standard InChI is InChI=1S/C15H16FIN2O4/c1-8-5-9(16)6-11(12(8)17)18-13-10(15(22)23-2)7-19(3-4-20)14(13)21/h5-6,18,20H,3-4,7H2,1-2H3. The molecule has 8 heteroatoms. The Hall–Kier alpha value is -1.68. The van der Waals surface area contributed by atoms with Crippen molar-refractivity contribution >= 4 is 40.2 Å². The summed E-state index contributed by atoms with van der Waals surface area (Å²) >= 11 is 2.04. The summed E-state index contributed by atoms with van der Waals surface area (Å²) in [6.45, 7) is 1.67. The van der Waals surface area contributed by atoms with Crippen molar-refractivity contribution in [2.24, 2.45) is 0 Å². The molecule has 0 aromatic heterocycles. The van der Waals surface area contributed by atoms with Crippen molar-refractivity contribution in [3.8, 4) is 0 Å². The van der Waals surface area contributed by atoms with E-state index in [1.165, 1.54) is 24.1 Å². The quantitative estimate of drug-likeness (QED) is 0.542. The third kappa shape index (κ3) is 3.63. The monoisotopic (exact) mass is 434 g/mol. The Labute approximate surface area is 146 Å². The predicted molar refractivity (Wildman–Crippen MR) is 90.2 cm³/mol. The van der Waals surface area contributed by atoms with Crippen LogP contribution in [0.2, 0.25) is 0 Å². The number of methoxy groups -OCH3 is 1. The Morgan fingerprint density at radius 2 is 2.22 bits per heavy atom. The number of hydrogen-bond acceptors (Lipinski definition) is 5. The zero-order chi connectivity index (χ0) is 17.1. The van der Waals surface area contributed by atoms with Crippen molar-refractivity contribution < 1.29 is 23.8 Å². The lowest BCUT2D eigenvalue weighted by Crippen LogP contribution is -2.31. The lowest BCUT2D eigenvalue weighted by molar-refractivity contribution is -0.136. The van der Waals surface area contributed by atoms with Gasteiger partial charge in [0.1, 0.15) is 11.5 Å². The number of ether oxygens (including phenoxy) is 1. The maximum Gasteiger partial charge on any atom is 0.337 e. The summed E-state index contributed by atoms with van der Waals surface area (Å²) in [5, 5.41) is 11.9. The average Bonchev–Trinajstić information content (AvgIpc) is 2.81. The molecule has 2 rings (SSSR count). The highest BCUT2D eigenvalue weighted by Gasteiger charge is 2.34. The molecule has 0 saturated heterocycles. The van der Waals surface area contributed by atoms with Crippen LogP contribution in [0.25, 0.3) is 0 Å². The normalized spacial score (nSPS) is 14.5. The highest BCUT2D eigenvalue weighted by molar-refractivity contribution is 14.1. The van der Waals surface area contributed by atoms with Gasteiger partial charge in [-0.1, -0.05) is 0 Å². The van der Waals surface area contributed by atoms with Gasteiger partial charge in [0.05, 0.1) is 31.5 Å². The van der Waals surface area contributed by atoms with Gasteiger partial charge in [0.25, 0.3) is 5.91 Å². The van der Waals surface area contributed by atoms with Crippen molar-refractivity contribution in [3.63, 3.8) is 0 Å². The van der Waals surface area contributed by atoms with Gasteiger partial charge < -0.3 is 20.1 Å². The molecule has 0 radical (unpaired) electrons. The van der Waals surface area contributed by atoms with Crippen molar-refractivity contribution in [2.75, 3.05) is 32.1 Å². The number of nitrogens with one attached hydrogen (secondary N) is 1. The second-order valence-electron chi connectivity index (χ2n) is 5.00. The molecule has 0 saturated carbocycles. The van der Waals surface area contributed by atoms with Crippen LogP contribution in [0.15, 0.2) is 23.4 Å². The minimum absolute atomic E-state index is 0.0409. The minimum atomic E-state index is -0.635. The van der Waals surface area contributed by atoms with Crippen molar-refractivity contribution in [3.05, 3.63) is 38.4 Å². The zero-order valence-corrected chi connectivity index (χ0v) is 14.8. The number of esters is 1. The maximum absolute atomic E-state index is 13.6. The fourth-order valence-electron chi connectivity index (χ4n) is 2.30. The Bertz CT molecular complexity index is 690. The summed E-state index contributed by atoms with van der Waals surface area (Å²) in [6.07, 6.45) is 0. The fraction of sp³-hybridized carbons (Fsp3) is 0.333. The van der Waals surface area contributed by atoms with Crippen molar-refractivity contribution in [1.29, 1.82) is 0 Å². The SMILES string of the molecule is COC(=O)C1=C(Nc2cc(F)cc(C)c2I)C(=O)N(CCO)C1. The van der Waals surface area contributed by atoms with E-state index >= 15 is 0 Å². The molecule has 0 fully saturated rings. The maximum atomic E-state index is 13.6. The van der Waals surface area contributed by atoms with E-state index in [1.54, 1.807) is 6.92 Å². The van der Waals surface area contributed by atoms with Gasteiger partial charge in [-0.15, -0.1) is 0 Å². The van der Waals surface area contributed by atoms with Crippen LogP contribution in [0.1, 0.15) is 5.56 Å². The van der Waals surface area contributed by atoms with E-state index in [4.69, 9.17) is 9.84 Å². The van der Waals surface area contributed by atoms with Crippen LogP contribution in [0.3, 0.4) is 0 Å². The van der Waals surface area contributed by atoms with Crippen LogP contribution in [0, 0.1) is 16.3 Å². The first-order valence-electron chi connectivity index (χ1n) is 6.83. The van der Waals surface area contributed by atoms with Gasteiger partial charge >= 0.3 is 5.97 Å². The Morgan fingerprint density at radius 3 is 2.83 bits per heavy atom. The molecule has 1 aromatic carbocycles. The largest absolute Gasteiger partial charge is 0.466 e. The first-order chi connectivity index (χ1) is 10.9. The number of β-amino-alcohol motifs (C(OH)–C–C–N with tert-alkyl or cyclic N) is 1. The van der Waals surface area contributed by atoms with Crippen LogP contribution in [-0.4, -0.2) is 48.7 Å². The summed E-state index contributed by atoms with van der Waals surface area (Å²) in [6, 6.07) is 2.65. The first-order valence-corrected chi connectivity index (χ1v) is 7.91. The number of rotatable bonds is 5. The van der Waals surface area contributed by atoms with E-state index in [9.17, 15) is 14.0 Å². The molecule has 0 atom stereocenters. The number of benzene rings is 1. The van der Waals surface area contributed by atoms with Crippen LogP contribution < -0.4 is 5.32 Å².